The van der Waals surface area contributed by atoms with Gasteiger partial charge in [0.05, 0.1) is 22.4 Å². The molecule has 1 aromatic rings. The van der Waals surface area contributed by atoms with E-state index in [1.165, 1.54) is 6.07 Å². The van der Waals surface area contributed by atoms with Crippen LogP contribution in [0.3, 0.4) is 0 Å². The van der Waals surface area contributed by atoms with Crippen molar-refractivity contribution in [2.45, 2.75) is 18.9 Å². The van der Waals surface area contributed by atoms with Crippen molar-refractivity contribution < 1.29 is 9.90 Å². The number of hydrogen-bond acceptors (Lipinski definition) is 4. The molecule has 6 heteroatoms. The fourth-order valence-electron chi connectivity index (χ4n) is 2.29. The normalized spacial score (nSPS) is 19.9. The molecule has 18 heavy (non-hydrogen) atoms. The lowest BCUT2D eigenvalue weighted by Crippen LogP contribution is -2.39. The van der Waals surface area contributed by atoms with E-state index in [0.717, 1.165) is 19.4 Å². The molecule has 2 rings (SSSR count). The third kappa shape index (κ3) is 2.52. The minimum Gasteiger partial charge on any atom is -0.399 e. The largest absolute Gasteiger partial charge is 0.399 e. The Balaban J connectivity index is 2.45. The number of nitrogens with zero attached hydrogens (tertiary/aromatic N) is 1. The summed E-state index contributed by atoms with van der Waals surface area (Å²) in [6.45, 7) is 1.19. The van der Waals surface area contributed by atoms with E-state index in [-0.39, 0.29) is 0 Å². The molecular weight excluding hydrogens is 254 g/mol. The molecule has 1 unspecified atom stereocenters. The van der Waals surface area contributed by atoms with Crippen molar-refractivity contribution in [2.75, 3.05) is 23.7 Å². The van der Waals surface area contributed by atoms with Gasteiger partial charge in [0.1, 0.15) is 0 Å². The highest BCUT2D eigenvalue weighted by atomic mass is 35.5. The van der Waals surface area contributed by atoms with Crippen LogP contribution in [0.25, 0.3) is 0 Å². The molecule has 0 aromatic heterocycles. The Kier molecular flexibility index (Phi) is 3.63. The van der Waals surface area contributed by atoms with Gasteiger partial charge < -0.3 is 21.5 Å². The second kappa shape index (κ2) is 5.04. The van der Waals surface area contributed by atoms with Crippen molar-refractivity contribution in [1.82, 2.24) is 0 Å². The quantitative estimate of drug-likeness (QED) is 0.698. The van der Waals surface area contributed by atoms with Gasteiger partial charge in [-0.25, -0.2) is 0 Å². The zero-order valence-corrected chi connectivity index (χ0v) is 10.7. The second-order valence-electron chi connectivity index (χ2n) is 4.51. The molecule has 1 heterocycles. The number of primary amides is 1. The van der Waals surface area contributed by atoms with Crippen LogP contribution in [0.15, 0.2) is 12.1 Å². The molecule has 1 aliphatic heterocycles. The van der Waals surface area contributed by atoms with Crippen LogP contribution in [0.5, 0.6) is 0 Å². The van der Waals surface area contributed by atoms with E-state index in [1.54, 1.807) is 6.07 Å². The highest BCUT2D eigenvalue weighted by molar-refractivity contribution is 6.34. The third-order valence-corrected chi connectivity index (χ3v) is 3.35. The van der Waals surface area contributed by atoms with Crippen LogP contribution in [0, 0.1) is 0 Å². The summed E-state index contributed by atoms with van der Waals surface area (Å²) < 4.78 is 0. The number of carbonyl (C=O) groups excluding carboxylic acids is 1. The zero-order chi connectivity index (χ0) is 13.3. The van der Waals surface area contributed by atoms with E-state index < -0.39 is 12.0 Å². The molecule has 0 bridgehead atoms. The van der Waals surface area contributed by atoms with Crippen molar-refractivity contribution in [3.05, 3.63) is 22.7 Å². The summed E-state index contributed by atoms with van der Waals surface area (Å²) >= 11 is 6.15. The van der Waals surface area contributed by atoms with Gasteiger partial charge in [0.2, 0.25) is 0 Å². The van der Waals surface area contributed by atoms with Crippen LogP contribution in [0.2, 0.25) is 5.02 Å². The van der Waals surface area contributed by atoms with Crippen molar-refractivity contribution in [3.8, 4) is 0 Å². The van der Waals surface area contributed by atoms with Gasteiger partial charge in [-0.15, -0.1) is 0 Å². The molecule has 0 aliphatic carbocycles. The summed E-state index contributed by atoms with van der Waals surface area (Å²) in [4.78, 5) is 13.4. The molecule has 98 valence electrons. The Bertz CT molecular complexity index is 479. The minimum absolute atomic E-state index is 0.300. The first-order valence-corrected chi connectivity index (χ1v) is 6.18. The van der Waals surface area contributed by atoms with Crippen molar-refractivity contribution >= 4 is 28.9 Å². The Morgan fingerprint density at radius 2 is 2.22 bits per heavy atom. The van der Waals surface area contributed by atoms with Gasteiger partial charge in [-0.05, 0) is 25.0 Å². The number of nitrogen functional groups attached to an aromatic ring is 1. The van der Waals surface area contributed by atoms with Crippen LogP contribution < -0.4 is 16.4 Å². The Hall–Kier alpha value is -1.46. The monoisotopic (exact) mass is 269 g/mol. The summed E-state index contributed by atoms with van der Waals surface area (Å²) in [5.74, 6) is -0.570. The Labute approximate surface area is 110 Å². The van der Waals surface area contributed by atoms with E-state index in [4.69, 9.17) is 23.1 Å². The lowest BCUT2D eigenvalue weighted by atomic mass is 10.0. The average molecular weight is 270 g/mol. The molecule has 1 amide bonds. The van der Waals surface area contributed by atoms with Gasteiger partial charge in [0, 0.05) is 18.8 Å². The number of aliphatic hydroxyl groups is 1. The molecule has 5 N–H and O–H groups in total. The van der Waals surface area contributed by atoms with Gasteiger partial charge in [-0.3, -0.25) is 4.79 Å². The molecule has 1 aromatic carbocycles. The number of anilines is 2. The number of β-amino-alcohol motifs (C(OH)–C–C–N with tert-alkyl or cyclic N) is 1. The predicted molar refractivity (Wildman–Crippen MR) is 71.8 cm³/mol. The predicted octanol–water partition coefficient (Wildman–Crippen LogP) is 0.982. The first-order valence-electron chi connectivity index (χ1n) is 5.81. The Morgan fingerprint density at radius 3 is 2.83 bits per heavy atom. The lowest BCUT2D eigenvalue weighted by molar-refractivity contribution is 0.1000. The number of benzene rings is 1. The maximum atomic E-state index is 11.5. The van der Waals surface area contributed by atoms with Gasteiger partial charge >= 0.3 is 0 Å². The molecule has 0 saturated carbocycles. The van der Waals surface area contributed by atoms with Crippen LogP contribution >= 0.6 is 11.6 Å². The fourth-order valence-corrected chi connectivity index (χ4v) is 2.63. The summed E-state index contributed by atoms with van der Waals surface area (Å²) in [6, 6.07) is 3.11. The van der Waals surface area contributed by atoms with Crippen molar-refractivity contribution in [2.24, 2.45) is 5.73 Å². The topological polar surface area (TPSA) is 92.6 Å². The number of aliphatic hydroxyl groups excluding tert-OH is 1. The summed E-state index contributed by atoms with van der Waals surface area (Å²) in [5.41, 5.74) is 12.3. The van der Waals surface area contributed by atoms with E-state index in [1.807, 2.05) is 4.90 Å². The first kappa shape index (κ1) is 13.0. The number of rotatable bonds is 2. The minimum atomic E-state index is -0.570. The van der Waals surface area contributed by atoms with Gasteiger partial charge in [-0.2, -0.15) is 0 Å². The molecule has 0 radical (unpaired) electrons. The number of halogens is 1. The van der Waals surface area contributed by atoms with E-state index in [9.17, 15) is 9.90 Å². The standard InChI is InChI=1S/C12H16ClN3O2/c13-10-5-7(14)4-9(12(15)18)11(10)16-3-1-2-8(17)6-16/h4-5,8,17H,1-3,6,14H2,(H2,15,18). The molecule has 1 saturated heterocycles. The van der Waals surface area contributed by atoms with Crippen LogP contribution in [-0.4, -0.2) is 30.2 Å². The third-order valence-electron chi connectivity index (χ3n) is 3.06. The molecular formula is C12H16ClN3O2. The van der Waals surface area contributed by atoms with Gasteiger partial charge in [0.15, 0.2) is 0 Å². The van der Waals surface area contributed by atoms with Gasteiger partial charge in [0.25, 0.3) is 5.91 Å². The number of hydrogen-bond donors (Lipinski definition) is 3. The summed E-state index contributed by atoms with van der Waals surface area (Å²) in [6.07, 6.45) is 1.20. The maximum absolute atomic E-state index is 11.5. The number of nitrogens with two attached hydrogens (primary N) is 2. The number of amides is 1. The fraction of sp³-hybridized carbons (Fsp3) is 0.417. The maximum Gasteiger partial charge on any atom is 0.250 e. The lowest BCUT2D eigenvalue weighted by Gasteiger charge is -2.33. The molecule has 5 nitrogen and oxygen atoms in total. The smallest absolute Gasteiger partial charge is 0.250 e. The highest BCUT2D eigenvalue weighted by Gasteiger charge is 2.24. The van der Waals surface area contributed by atoms with E-state index in [0.29, 0.717) is 28.5 Å². The molecule has 1 aliphatic rings. The van der Waals surface area contributed by atoms with Crippen molar-refractivity contribution in [3.63, 3.8) is 0 Å². The van der Waals surface area contributed by atoms with E-state index in [2.05, 4.69) is 0 Å². The number of carbonyl (C=O) groups is 1. The molecule has 1 fully saturated rings. The first-order chi connectivity index (χ1) is 8.49. The van der Waals surface area contributed by atoms with Crippen molar-refractivity contribution in [1.29, 1.82) is 0 Å². The second-order valence-corrected chi connectivity index (χ2v) is 4.91. The number of piperidine rings is 1. The summed E-state index contributed by atoms with van der Waals surface area (Å²) in [5, 5.41) is 10.1. The average Bonchev–Trinajstić information content (AvgIpc) is 2.27. The van der Waals surface area contributed by atoms with E-state index >= 15 is 0 Å². The molecule has 1 atom stereocenters. The van der Waals surface area contributed by atoms with Gasteiger partial charge in [-0.1, -0.05) is 11.6 Å². The SMILES string of the molecule is NC(=O)c1cc(N)cc(Cl)c1N1CCCC(O)C1. The highest BCUT2D eigenvalue weighted by Crippen LogP contribution is 2.34. The van der Waals surface area contributed by atoms with Crippen LogP contribution in [0.1, 0.15) is 23.2 Å². The summed E-state index contributed by atoms with van der Waals surface area (Å²) in [7, 11) is 0. The van der Waals surface area contributed by atoms with Crippen LogP contribution in [0.4, 0.5) is 11.4 Å². The zero-order valence-electron chi connectivity index (χ0n) is 9.90. The Morgan fingerprint density at radius 1 is 1.50 bits per heavy atom. The van der Waals surface area contributed by atoms with Crippen LogP contribution in [-0.2, 0) is 0 Å². The molecule has 0 spiro atoms.